The summed E-state index contributed by atoms with van der Waals surface area (Å²) in [7, 11) is 1.90. The van der Waals surface area contributed by atoms with Crippen LogP contribution in [0.3, 0.4) is 0 Å². The van der Waals surface area contributed by atoms with E-state index in [1.165, 1.54) is 0 Å². The standard InChI is InChI=1S/C13H23N3O/c1-10(2)11(3)15-13(17)9-16-7-5-6-12(16)8-14-4/h5-7,10-11,14H,8-9H2,1-4H3,(H,15,17). The number of carbonyl (C=O) groups excluding carboxylic acids is 1. The second-order valence-electron chi connectivity index (χ2n) is 4.76. The summed E-state index contributed by atoms with van der Waals surface area (Å²) in [5, 5.41) is 6.10. The molecule has 4 nitrogen and oxygen atoms in total. The van der Waals surface area contributed by atoms with Crippen LogP contribution < -0.4 is 10.6 Å². The molecule has 17 heavy (non-hydrogen) atoms. The van der Waals surface area contributed by atoms with E-state index < -0.39 is 0 Å². The van der Waals surface area contributed by atoms with E-state index in [2.05, 4.69) is 24.5 Å². The lowest BCUT2D eigenvalue weighted by molar-refractivity contribution is -0.122. The molecule has 1 aromatic rings. The summed E-state index contributed by atoms with van der Waals surface area (Å²) in [4.78, 5) is 11.8. The molecule has 0 aliphatic heterocycles. The van der Waals surface area contributed by atoms with Gasteiger partial charge in [-0.1, -0.05) is 13.8 Å². The minimum Gasteiger partial charge on any atom is -0.352 e. The second kappa shape index (κ2) is 6.45. The summed E-state index contributed by atoms with van der Waals surface area (Å²) in [6, 6.07) is 4.20. The van der Waals surface area contributed by atoms with Crippen molar-refractivity contribution in [2.75, 3.05) is 7.05 Å². The third-order valence-corrected chi connectivity index (χ3v) is 2.98. The third kappa shape index (κ3) is 4.23. The Morgan fingerprint density at radius 3 is 2.71 bits per heavy atom. The average molecular weight is 237 g/mol. The quantitative estimate of drug-likeness (QED) is 0.785. The molecule has 0 saturated heterocycles. The molecule has 1 aromatic heterocycles. The van der Waals surface area contributed by atoms with Crippen LogP contribution in [0.25, 0.3) is 0 Å². The predicted octanol–water partition coefficient (Wildman–Crippen LogP) is 1.37. The zero-order valence-corrected chi connectivity index (χ0v) is 11.2. The van der Waals surface area contributed by atoms with E-state index >= 15 is 0 Å². The summed E-state index contributed by atoms with van der Waals surface area (Å²) >= 11 is 0. The van der Waals surface area contributed by atoms with Gasteiger partial charge in [0.25, 0.3) is 0 Å². The second-order valence-corrected chi connectivity index (χ2v) is 4.76. The van der Waals surface area contributed by atoms with Crippen molar-refractivity contribution in [3.05, 3.63) is 24.0 Å². The van der Waals surface area contributed by atoms with Crippen LogP contribution in [0.15, 0.2) is 18.3 Å². The maximum atomic E-state index is 11.8. The molecule has 2 N–H and O–H groups in total. The molecule has 1 rings (SSSR count). The Labute approximate surface area is 103 Å². The normalized spacial score (nSPS) is 12.8. The van der Waals surface area contributed by atoms with Crippen molar-refractivity contribution in [2.24, 2.45) is 5.92 Å². The van der Waals surface area contributed by atoms with Gasteiger partial charge in [-0.05, 0) is 32.0 Å². The van der Waals surface area contributed by atoms with Crippen LogP contribution in [0.2, 0.25) is 0 Å². The maximum Gasteiger partial charge on any atom is 0.240 e. The Kier molecular flexibility index (Phi) is 5.22. The van der Waals surface area contributed by atoms with Gasteiger partial charge in [-0.15, -0.1) is 0 Å². The first-order valence-corrected chi connectivity index (χ1v) is 6.12. The van der Waals surface area contributed by atoms with Crippen molar-refractivity contribution in [3.63, 3.8) is 0 Å². The van der Waals surface area contributed by atoms with Crippen LogP contribution in [0.5, 0.6) is 0 Å². The molecule has 1 amide bonds. The molecule has 1 atom stereocenters. The lowest BCUT2D eigenvalue weighted by Gasteiger charge is -2.18. The summed E-state index contributed by atoms with van der Waals surface area (Å²) in [6.45, 7) is 7.41. The molecule has 0 saturated carbocycles. The van der Waals surface area contributed by atoms with Crippen LogP contribution in [-0.2, 0) is 17.9 Å². The number of hydrogen-bond acceptors (Lipinski definition) is 2. The molecule has 0 radical (unpaired) electrons. The minimum absolute atomic E-state index is 0.0692. The molecular formula is C13H23N3O. The van der Waals surface area contributed by atoms with Gasteiger partial charge in [0.2, 0.25) is 5.91 Å². The summed E-state index contributed by atoms with van der Waals surface area (Å²) in [6.07, 6.45) is 1.94. The number of carbonyl (C=O) groups is 1. The molecule has 96 valence electrons. The Bertz CT molecular complexity index is 357. The number of rotatable bonds is 6. The van der Waals surface area contributed by atoms with E-state index in [1.807, 2.05) is 36.9 Å². The SMILES string of the molecule is CNCc1cccn1CC(=O)NC(C)C(C)C. The number of nitrogens with one attached hydrogen (secondary N) is 2. The van der Waals surface area contributed by atoms with Crippen molar-refractivity contribution in [3.8, 4) is 0 Å². The molecule has 0 aliphatic rings. The lowest BCUT2D eigenvalue weighted by atomic mass is 10.1. The number of hydrogen-bond donors (Lipinski definition) is 2. The van der Waals surface area contributed by atoms with Gasteiger partial charge in [0.15, 0.2) is 0 Å². The van der Waals surface area contributed by atoms with Crippen LogP contribution in [0.4, 0.5) is 0 Å². The number of nitrogens with zero attached hydrogens (tertiary/aromatic N) is 1. The summed E-state index contributed by atoms with van der Waals surface area (Å²) < 4.78 is 1.97. The topological polar surface area (TPSA) is 46.1 Å². The van der Waals surface area contributed by atoms with Gasteiger partial charge >= 0.3 is 0 Å². The lowest BCUT2D eigenvalue weighted by Crippen LogP contribution is -2.38. The molecule has 0 aromatic carbocycles. The summed E-state index contributed by atoms with van der Waals surface area (Å²) in [5.41, 5.74) is 1.12. The van der Waals surface area contributed by atoms with Crippen molar-refractivity contribution < 1.29 is 4.79 Å². The van der Waals surface area contributed by atoms with Crippen molar-refractivity contribution in [1.82, 2.24) is 15.2 Å². The highest BCUT2D eigenvalue weighted by molar-refractivity contribution is 5.76. The number of aromatic nitrogens is 1. The fraction of sp³-hybridized carbons (Fsp3) is 0.615. The van der Waals surface area contributed by atoms with Gasteiger partial charge in [0.1, 0.15) is 6.54 Å². The van der Waals surface area contributed by atoms with Crippen LogP contribution in [0, 0.1) is 5.92 Å². The van der Waals surface area contributed by atoms with E-state index in [0.717, 1.165) is 12.2 Å². The van der Waals surface area contributed by atoms with Crippen molar-refractivity contribution >= 4 is 5.91 Å². The van der Waals surface area contributed by atoms with E-state index in [0.29, 0.717) is 12.5 Å². The van der Waals surface area contributed by atoms with Crippen LogP contribution in [-0.4, -0.2) is 23.6 Å². The first-order valence-electron chi connectivity index (χ1n) is 6.12. The van der Waals surface area contributed by atoms with Gasteiger partial charge in [-0.3, -0.25) is 4.79 Å². The number of amides is 1. The van der Waals surface area contributed by atoms with E-state index in [-0.39, 0.29) is 11.9 Å². The molecule has 1 unspecified atom stereocenters. The van der Waals surface area contributed by atoms with Crippen LogP contribution >= 0.6 is 0 Å². The molecule has 1 heterocycles. The Hall–Kier alpha value is -1.29. The van der Waals surface area contributed by atoms with Crippen molar-refractivity contribution in [1.29, 1.82) is 0 Å². The highest BCUT2D eigenvalue weighted by Crippen LogP contribution is 2.03. The van der Waals surface area contributed by atoms with E-state index in [4.69, 9.17) is 0 Å². The van der Waals surface area contributed by atoms with Gasteiger partial charge in [-0.25, -0.2) is 0 Å². The molecule has 0 bridgehead atoms. The first-order chi connectivity index (χ1) is 8.04. The average Bonchev–Trinajstić information content (AvgIpc) is 2.66. The highest BCUT2D eigenvalue weighted by Gasteiger charge is 2.11. The van der Waals surface area contributed by atoms with Gasteiger partial charge < -0.3 is 15.2 Å². The van der Waals surface area contributed by atoms with Gasteiger partial charge in [-0.2, -0.15) is 0 Å². The fourth-order valence-corrected chi connectivity index (χ4v) is 1.57. The van der Waals surface area contributed by atoms with Gasteiger partial charge in [0.05, 0.1) is 0 Å². The zero-order valence-electron chi connectivity index (χ0n) is 11.2. The Balaban J connectivity index is 2.53. The van der Waals surface area contributed by atoms with Gasteiger partial charge in [0, 0.05) is 24.5 Å². The predicted molar refractivity (Wildman–Crippen MR) is 69.6 cm³/mol. The van der Waals surface area contributed by atoms with Crippen molar-refractivity contribution in [2.45, 2.75) is 39.9 Å². The minimum atomic E-state index is 0.0692. The summed E-state index contributed by atoms with van der Waals surface area (Å²) in [5.74, 6) is 0.528. The highest BCUT2D eigenvalue weighted by atomic mass is 16.2. The zero-order chi connectivity index (χ0) is 12.8. The molecule has 0 fully saturated rings. The maximum absolute atomic E-state index is 11.8. The van der Waals surface area contributed by atoms with E-state index in [1.54, 1.807) is 0 Å². The largest absolute Gasteiger partial charge is 0.352 e. The third-order valence-electron chi connectivity index (χ3n) is 2.98. The smallest absolute Gasteiger partial charge is 0.240 e. The van der Waals surface area contributed by atoms with Crippen LogP contribution in [0.1, 0.15) is 26.5 Å². The Morgan fingerprint density at radius 1 is 1.41 bits per heavy atom. The molecule has 4 heteroatoms. The first kappa shape index (κ1) is 13.8. The molecular weight excluding hydrogens is 214 g/mol. The Morgan fingerprint density at radius 2 is 2.12 bits per heavy atom. The van der Waals surface area contributed by atoms with E-state index in [9.17, 15) is 4.79 Å². The molecule has 0 spiro atoms. The molecule has 0 aliphatic carbocycles. The monoisotopic (exact) mass is 237 g/mol. The fourth-order valence-electron chi connectivity index (χ4n) is 1.57.